The van der Waals surface area contributed by atoms with E-state index < -0.39 is 17.6 Å². The fourth-order valence-electron chi connectivity index (χ4n) is 3.65. The maximum atomic E-state index is 13.0. The zero-order valence-electron chi connectivity index (χ0n) is 15.1. The number of hydrogen-bond donors (Lipinski definition) is 2. The third-order valence-electron chi connectivity index (χ3n) is 4.85. The minimum atomic E-state index is -4.50. The van der Waals surface area contributed by atoms with Crippen LogP contribution in [0.4, 0.5) is 18.9 Å². The van der Waals surface area contributed by atoms with E-state index in [1.807, 2.05) is 19.1 Å². The molecular weight excluding hydrogens is 353 g/mol. The van der Waals surface area contributed by atoms with Crippen LogP contribution in [0, 0.1) is 0 Å². The molecule has 1 aliphatic carbocycles. The van der Waals surface area contributed by atoms with Crippen molar-refractivity contribution in [2.24, 2.45) is 0 Å². The van der Waals surface area contributed by atoms with Gasteiger partial charge in [0.1, 0.15) is 0 Å². The summed E-state index contributed by atoms with van der Waals surface area (Å²) in [5.74, 6) is -0.434. The van der Waals surface area contributed by atoms with Crippen LogP contribution in [0.2, 0.25) is 0 Å². The largest absolute Gasteiger partial charge is 0.418 e. The van der Waals surface area contributed by atoms with Crippen LogP contribution in [0.15, 0.2) is 48.5 Å². The van der Waals surface area contributed by atoms with E-state index in [0.29, 0.717) is 0 Å². The molecule has 0 aliphatic heterocycles. The lowest BCUT2D eigenvalue weighted by molar-refractivity contribution is -0.137. The quantitative estimate of drug-likeness (QED) is 0.763. The first-order valence-electron chi connectivity index (χ1n) is 9.14. The van der Waals surface area contributed by atoms with Crippen LogP contribution in [0.25, 0.3) is 0 Å². The van der Waals surface area contributed by atoms with Gasteiger partial charge in [-0.25, -0.2) is 0 Å². The van der Waals surface area contributed by atoms with E-state index in [1.54, 1.807) is 0 Å². The minimum Gasteiger partial charge on any atom is -0.325 e. The molecule has 144 valence electrons. The smallest absolute Gasteiger partial charge is 0.325 e. The number of halogens is 3. The summed E-state index contributed by atoms with van der Waals surface area (Å²) < 4.78 is 39.1. The zero-order chi connectivity index (χ0) is 19.4. The van der Waals surface area contributed by atoms with Gasteiger partial charge < -0.3 is 10.6 Å². The molecule has 0 spiro atoms. The summed E-state index contributed by atoms with van der Waals surface area (Å²) in [6.45, 7) is 1.88. The van der Waals surface area contributed by atoms with Gasteiger partial charge in [0.05, 0.1) is 11.3 Å². The molecule has 2 aromatic carbocycles. The van der Waals surface area contributed by atoms with Gasteiger partial charge in [-0.2, -0.15) is 13.2 Å². The van der Waals surface area contributed by atoms with Gasteiger partial charge in [-0.15, -0.1) is 0 Å². The summed E-state index contributed by atoms with van der Waals surface area (Å²) >= 11 is 0. The van der Waals surface area contributed by atoms with Crippen molar-refractivity contribution in [2.75, 3.05) is 5.32 Å². The number of hydrogen-bond acceptors (Lipinski definition) is 2. The van der Waals surface area contributed by atoms with Gasteiger partial charge in [0, 0.05) is 18.5 Å². The number of alkyl halides is 3. The molecular formula is C21H23F3N2O. The lowest BCUT2D eigenvalue weighted by Crippen LogP contribution is -2.35. The number of carbonyl (C=O) groups excluding carboxylic acids is 1. The topological polar surface area (TPSA) is 41.1 Å². The van der Waals surface area contributed by atoms with Gasteiger partial charge in [0.25, 0.3) is 0 Å². The molecule has 0 saturated heterocycles. The van der Waals surface area contributed by atoms with Crippen molar-refractivity contribution in [3.63, 3.8) is 0 Å². The summed E-state index contributed by atoms with van der Waals surface area (Å²) in [6, 6.07) is 13.3. The molecule has 0 fully saturated rings. The second-order valence-electron chi connectivity index (χ2n) is 7.01. The molecule has 27 heavy (non-hydrogen) atoms. The van der Waals surface area contributed by atoms with Crippen LogP contribution < -0.4 is 10.6 Å². The summed E-state index contributed by atoms with van der Waals surface area (Å²) in [5, 5.41) is 5.86. The van der Waals surface area contributed by atoms with Crippen molar-refractivity contribution in [1.82, 2.24) is 5.32 Å². The van der Waals surface area contributed by atoms with E-state index in [-0.39, 0.29) is 24.2 Å². The Labute approximate surface area is 157 Å². The number of anilines is 1. The van der Waals surface area contributed by atoms with Gasteiger partial charge >= 0.3 is 6.18 Å². The Morgan fingerprint density at radius 1 is 1.15 bits per heavy atom. The van der Waals surface area contributed by atoms with E-state index in [1.165, 1.54) is 29.3 Å². The molecule has 0 bridgehead atoms. The molecule has 3 rings (SSSR count). The van der Waals surface area contributed by atoms with Crippen molar-refractivity contribution in [3.05, 3.63) is 65.2 Å². The second-order valence-corrected chi connectivity index (χ2v) is 7.01. The Bertz CT molecular complexity index is 804. The number of amides is 1. The fraction of sp³-hybridized carbons (Fsp3) is 0.381. The summed E-state index contributed by atoms with van der Waals surface area (Å²) in [5.41, 5.74) is 1.53. The van der Waals surface area contributed by atoms with Crippen LogP contribution in [-0.2, 0) is 17.4 Å². The van der Waals surface area contributed by atoms with Crippen LogP contribution >= 0.6 is 0 Å². The highest BCUT2D eigenvalue weighted by molar-refractivity contribution is 5.92. The van der Waals surface area contributed by atoms with Gasteiger partial charge in [-0.1, -0.05) is 36.4 Å². The Kier molecular flexibility index (Phi) is 5.85. The Morgan fingerprint density at radius 2 is 1.85 bits per heavy atom. The van der Waals surface area contributed by atoms with E-state index in [4.69, 9.17) is 0 Å². The molecule has 2 aromatic rings. The molecule has 6 heteroatoms. The van der Waals surface area contributed by atoms with Gasteiger partial charge in [0.15, 0.2) is 0 Å². The minimum absolute atomic E-state index is 0.102. The zero-order valence-corrected chi connectivity index (χ0v) is 15.1. The average Bonchev–Trinajstić information content (AvgIpc) is 2.61. The first kappa shape index (κ1) is 19.4. The number of para-hydroxylation sites is 1. The van der Waals surface area contributed by atoms with Crippen molar-refractivity contribution < 1.29 is 18.0 Å². The highest BCUT2D eigenvalue weighted by atomic mass is 19.4. The monoisotopic (exact) mass is 376 g/mol. The fourth-order valence-corrected chi connectivity index (χ4v) is 3.65. The molecule has 1 aliphatic rings. The molecule has 0 radical (unpaired) electrons. The SMILES string of the molecule is CC(CC(=O)Nc1ccccc1C(F)(F)F)NC1CCCc2ccccc21. The number of benzene rings is 2. The number of fused-ring (bicyclic) bond motifs is 1. The molecule has 0 saturated carbocycles. The van der Waals surface area contributed by atoms with Crippen LogP contribution in [0.3, 0.4) is 0 Å². The van der Waals surface area contributed by atoms with E-state index in [2.05, 4.69) is 22.8 Å². The molecule has 2 N–H and O–H groups in total. The van der Waals surface area contributed by atoms with Crippen molar-refractivity contribution >= 4 is 11.6 Å². The number of rotatable bonds is 5. The Hall–Kier alpha value is -2.34. The number of carbonyl (C=O) groups is 1. The standard InChI is InChI=1S/C21H23F3N2O/c1-14(25-18-12-6-8-15-7-2-3-9-16(15)18)13-20(27)26-19-11-5-4-10-17(19)21(22,23)24/h2-5,7,9-11,14,18,25H,6,8,12-13H2,1H3,(H,26,27). The number of nitrogens with one attached hydrogen (secondary N) is 2. The molecule has 2 unspecified atom stereocenters. The summed E-state index contributed by atoms with van der Waals surface area (Å²) in [4.78, 5) is 12.3. The molecule has 1 amide bonds. The van der Waals surface area contributed by atoms with E-state index in [9.17, 15) is 18.0 Å². The maximum absolute atomic E-state index is 13.0. The van der Waals surface area contributed by atoms with Crippen LogP contribution in [0.5, 0.6) is 0 Å². The molecule has 2 atom stereocenters. The highest BCUT2D eigenvalue weighted by Crippen LogP contribution is 2.34. The summed E-state index contributed by atoms with van der Waals surface area (Å²) in [7, 11) is 0. The third-order valence-corrected chi connectivity index (χ3v) is 4.85. The predicted octanol–water partition coefficient (Wildman–Crippen LogP) is 5.09. The normalized spacial score (nSPS) is 17.9. The molecule has 0 heterocycles. The summed E-state index contributed by atoms with van der Waals surface area (Å²) in [6.07, 6.45) is -1.28. The van der Waals surface area contributed by atoms with Gasteiger partial charge in [-0.3, -0.25) is 4.79 Å². The average molecular weight is 376 g/mol. The predicted molar refractivity (Wildman–Crippen MR) is 99.4 cm³/mol. The van der Waals surface area contributed by atoms with Crippen molar-refractivity contribution in [1.29, 1.82) is 0 Å². The highest BCUT2D eigenvalue weighted by Gasteiger charge is 2.33. The first-order valence-corrected chi connectivity index (χ1v) is 9.14. The lowest BCUT2D eigenvalue weighted by Gasteiger charge is -2.29. The van der Waals surface area contributed by atoms with Crippen LogP contribution in [0.1, 0.15) is 48.9 Å². The van der Waals surface area contributed by atoms with Gasteiger partial charge in [-0.05, 0) is 49.4 Å². The maximum Gasteiger partial charge on any atom is 0.418 e. The molecule has 3 nitrogen and oxygen atoms in total. The Morgan fingerprint density at radius 3 is 2.63 bits per heavy atom. The van der Waals surface area contributed by atoms with Crippen molar-refractivity contribution in [3.8, 4) is 0 Å². The third kappa shape index (κ3) is 4.89. The van der Waals surface area contributed by atoms with E-state index >= 15 is 0 Å². The van der Waals surface area contributed by atoms with E-state index in [0.717, 1.165) is 25.3 Å². The second kappa shape index (κ2) is 8.13. The van der Waals surface area contributed by atoms with Gasteiger partial charge in [0.2, 0.25) is 5.91 Å². The first-order chi connectivity index (χ1) is 12.8. The molecule has 0 aromatic heterocycles. The Balaban J connectivity index is 1.61. The lowest BCUT2D eigenvalue weighted by atomic mass is 9.87. The number of aryl methyl sites for hydroxylation is 1. The van der Waals surface area contributed by atoms with Crippen molar-refractivity contribution in [2.45, 2.75) is 50.9 Å². The van der Waals surface area contributed by atoms with Crippen LogP contribution in [-0.4, -0.2) is 11.9 Å².